The summed E-state index contributed by atoms with van der Waals surface area (Å²) in [7, 11) is 1.60. The summed E-state index contributed by atoms with van der Waals surface area (Å²) < 4.78 is 16.5. The first-order chi connectivity index (χ1) is 18.9. The van der Waals surface area contributed by atoms with Crippen molar-refractivity contribution >= 4 is 11.9 Å². The predicted octanol–water partition coefficient (Wildman–Crippen LogP) is 2.74. The molecule has 0 spiro atoms. The van der Waals surface area contributed by atoms with Crippen LogP contribution in [-0.2, 0) is 23.8 Å². The zero-order chi connectivity index (χ0) is 31.5. The SMILES string of the molecule is CCC(OC)C(C)CC(O)C(O)C(C)(O)/C=C/C=C(\C)C1OC(=O)CC(O)CCC(C)(O)C(OC(C)=O)/C=C/C1C. The summed E-state index contributed by atoms with van der Waals surface area (Å²) in [4.78, 5) is 24.3. The maximum Gasteiger partial charge on any atom is 0.309 e. The predicted molar refractivity (Wildman–Crippen MR) is 155 cm³/mol. The second-order valence-corrected chi connectivity index (χ2v) is 11.8. The average molecular weight is 585 g/mol. The lowest BCUT2D eigenvalue weighted by molar-refractivity contribution is -0.157. The number of cyclic esters (lactones) is 1. The summed E-state index contributed by atoms with van der Waals surface area (Å²) in [6.45, 7) is 11.6. The molecule has 0 amide bonds. The first kappa shape index (κ1) is 36.9. The van der Waals surface area contributed by atoms with E-state index in [4.69, 9.17) is 14.2 Å². The van der Waals surface area contributed by atoms with Crippen molar-refractivity contribution in [2.75, 3.05) is 7.11 Å². The molecule has 41 heavy (non-hydrogen) atoms. The maximum atomic E-state index is 12.6. The molecule has 0 aliphatic carbocycles. The first-order valence-electron chi connectivity index (χ1n) is 14.4. The molecule has 0 aromatic heterocycles. The highest BCUT2D eigenvalue weighted by atomic mass is 16.6. The van der Waals surface area contributed by atoms with E-state index in [-0.39, 0.29) is 37.7 Å². The largest absolute Gasteiger partial charge is 0.457 e. The molecule has 1 heterocycles. The normalized spacial score (nSPS) is 32.0. The van der Waals surface area contributed by atoms with Crippen LogP contribution in [-0.4, -0.2) is 92.4 Å². The van der Waals surface area contributed by atoms with E-state index in [1.807, 2.05) is 13.8 Å². The van der Waals surface area contributed by atoms with Crippen molar-refractivity contribution in [2.45, 2.75) is 128 Å². The summed E-state index contributed by atoms with van der Waals surface area (Å²) in [6, 6.07) is 0. The third-order valence-electron chi connectivity index (χ3n) is 7.78. The van der Waals surface area contributed by atoms with E-state index < -0.39 is 59.6 Å². The summed E-state index contributed by atoms with van der Waals surface area (Å²) in [5, 5.41) is 53.4. The van der Waals surface area contributed by atoms with E-state index in [0.29, 0.717) is 5.57 Å². The summed E-state index contributed by atoms with van der Waals surface area (Å²) in [5.41, 5.74) is -2.63. The van der Waals surface area contributed by atoms with Crippen molar-refractivity contribution in [3.05, 3.63) is 36.0 Å². The van der Waals surface area contributed by atoms with Crippen LogP contribution in [0.3, 0.4) is 0 Å². The molecule has 0 aromatic rings. The van der Waals surface area contributed by atoms with Crippen LogP contribution in [0.5, 0.6) is 0 Å². The van der Waals surface area contributed by atoms with Crippen molar-refractivity contribution in [3.63, 3.8) is 0 Å². The lowest BCUT2D eigenvalue weighted by Gasteiger charge is -2.32. The van der Waals surface area contributed by atoms with Crippen LogP contribution in [0.1, 0.15) is 80.6 Å². The molecule has 0 radical (unpaired) electrons. The van der Waals surface area contributed by atoms with Crippen LogP contribution < -0.4 is 0 Å². The molecular weight excluding hydrogens is 532 g/mol. The minimum Gasteiger partial charge on any atom is -0.457 e. The van der Waals surface area contributed by atoms with Crippen LogP contribution in [0.25, 0.3) is 0 Å². The number of aliphatic hydroxyl groups is 5. The summed E-state index contributed by atoms with van der Waals surface area (Å²) in [6.07, 6.45) is 3.11. The minimum absolute atomic E-state index is 0.0374. The fraction of sp³-hybridized carbons (Fsp3) is 0.742. The molecule has 10 unspecified atom stereocenters. The number of hydrogen-bond donors (Lipinski definition) is 5. The van der Waals surface area contributed by atoms with Crippen LogP contribution in [0.4, 0.5) is 0 Å². The lowest BCUT2D eigenvalue weighted by atomic mass is 9.87. The van der Waals surface area contributed by atoms with E-state index in [2.05, 4.69) is 0 Å². The molecular formula is C31H52O10. The quantitative estimate of drug-likeness (QED) is 0.139. The fourth-order valence-corrected chi connectivity index (χ4v) is 5.07. The van der Waals surface area contributed by atoms with Gasteiger partial charge in [0.15, 0.2) is 0 Å². The Balaban J connectivity index is 3.18. The zero-order valence-electron chi connectivity index (χ0n) is 25.8. The van der Waals surface area contributed by atoms with Crippen LogP contribution in [0.15, 0.2) is 36.0 Å². The Morgan fingerprint density at radius 3 is 2.49 bits per heavy atom. The monoisotopic (exact) mass is 584 g/mol. The highest BCUT2D eigenvalue weighted by Crippen LogP contribution is 2.27. The van der Waals surface area contributed by atoms with Gasteiger partial charge in [0, 0.05) is 20.0 Å². The molecule has 1 aliphatic rings. The second kappa shape index (κ2) is 16.5. The Morgan fingerprint density at radius 1 is 1.29 bits per heavy atom. The Labute approximate surface area is 244 Å². The van der Waals surface area contributed by atoms with Crippen molar-refractivity contribution in [3.8, 4) is 0 Å². The van der Waals surface area contributed by atoms with Crippen LogP contribution >= 0.6 is 0 Å². The third-order valence-corrected chi connectivity index (χ3v) is 7.78. The standard InChI is InChI=1S/C31H52O10/c1-9-25(39-8)21(4)17-24(34)29(36)31(7,38)15-10-11-19(2)28-20(3)12-13-26(40-22(5)32)30(6,37)16-14-23(33)18-27(35)41-28/h10-13,15,20-21,23-26,28-29,33-34,36-38H,9,14,16-18H2,1-8H3/b13-12+,15-10+,19-11+. The first-order valence-corrected chi connectivity index (χ1v) is 14.4. The maximum absolute atomic E-state index is 12.6. The second-order valence-electron chi connectivity index (χ2n) is 11.8. The minimum atomic E-state index is -1.76. The van der Waals surface area contributed by atoms with Gasteiger partial charge in [-0.3, -0.25) is 9.59 Å². The fourth-order valence-electron chi connectivity index (χ4n) is 5.07. The molecule has 5 N–H and O–H groups in total. The van der Waals surface area contributed by atoms with E-state index in [1.54, 1.807) is 39.2 Å². The van der Waals surface area contributed by atoms with Gasteiger partial charge < -0.3 is 39.7 Å². The van der Waals surface area contributed by atoms with Gasteiger partial charge in [0.1, 0.15) is 29.5 Å². The number of ether oxygens (including phenoxy) is 3. The molecule has 236 valence electrons. The number of rotatable bonds is 11. The molecule has 1 rings (SSSR count). The Kier molecular flexibility index (Phi) is 14.9. The Bertz CT molecular complexity index is 918. The van der Waals surface area contributed by atoms with Gasteiger partial charge in [-0.1, -0.05) is 45.1 Å². The molecule has 10 heteroatoms. The van der Waals surface area contributed by atoms with Gasteiger partial charge in [-0.15, -0.1) is 0 Å². The van der Waals surface area contributed by atoms with Gasteiger partial charge in [0.2, 0.25) is 0 Å². The van der Waals surface area contributed by atoms with Gasteiger partial charge in [0.05, 0.1) is 24.7 Å². The van der Waals surface area contributed by atoms with E-state index in [1.165, 1.54) is 32.9 Å². The average Bonchev–Trinajstić information content (AvgIpc) is 2.87. The van der Waals surface area contributed by atoms with Crippen molar-refractivity contribution < 1.29 is 49.3 Å². The molecule has 0 fully saturated rings. The van der Waals surface area contributed by atoms with Gasteiger partial charge >= 0.3 is 11.9 Å². The zero-order valence-corrected chi connectivity index (χ0v) is 25.8. The molecule has 10 atom stereocenters. The van der Waals surface area contributed by atoms with E-state index >= 15 is 0 Å². The molecule has 1 aliphatic heterocycles. The number of carbonyl (C=O) groups is 2. The van der Waals surface area contributed by atoms with Crippen LogP contribution in [0, 0.1) is 11.8 Å². The Hall–Kier alpha value is -2.08. The molecule has 0 saturated carbocycles. The summed E-state index contributed by atoms with van der Waals surface area (Å²) >= 11 is 0. The summed E-state index contributed by atoms with van der Waals surface area (Å²) in [5.74, 6) is -1.64. The molecule has 0 saturated heterocycles. The van der Waals surface area contributed by atoms with Gasteiger partial charge in [-0.05, 0) is 64.0 Å². The molecule has 0 bridgehead atoms. The number of aliphatic hydroxyl groups excluding tert-OH is 3. The van der Waals surface area contributed by atoms with E-state index in [0.717, 1.165) is 6.42 Å². The van der Waals surface area contributed by atoms with Gasteiger partial charge in [0.25, 0.3) is 0 Å². The number of carbonyl (C=O) groups excluding carboxylic acids is 2. The topological polar surface area (TPSA) is 163 Å². The lowest BCUT2D eigenvalue weighted by Crippen LogP contribution is -2.46. The number of hydrogen-bond acceptors (Lipinski definition) is 10. The smallest absolute Gasteiger partial charge is 0.309 e. The van der Waals surface area contributed by atoms with Crippen molar-refractivity contribution in [1.82, 2.24) is 0 Å². The Morgan fingerprint density at radius 2 is 1.93 bits per heavy atom. The number of esters is 2. The van der Waals surface area contributed by atoms with E-state index in [9.17, 15) is 35.1 Å². The van der Waals surface area contributed by atoms with Gasteiger partial charge in [-0.25, -0.2) is 0 Å². The van der Waals surface area contributed by atoms with Crippen LogP contribution in [0.2, 0.25) is 0 Å². The van der Waals surface area contributed by atoms with Crippen molar-refractivity contribution in [1.29, 1.82) is 0 Å². The molecule has 0 aromatic carbocycles. The highest BCUT2D eigenvalue weighted by molar-refractivity contribution is 5.70. The molecule has 10 nitrogen and oxygen atoms in total. The number of methoxy groups -OCH3 is 1. The van der Waals surface area contributed by atoms with Crippen molar-refractivity contribution in [2.24, 2.45) is 11.8 Å². The highest BCUT2D eigenvalue weighted by Gasteiger charge is 2.36. The van der Waals surface area contributed by atoms with Gasteiger partial charge in [-0.2, -0.15) is 0 Å². The number of allylic oxidation sites excluding steroid dienone is 2. The third kappa shape index (κ3) is 12.0.